The average Bonchev–Trinajstić information content (AvgIpc) is 2.82. The lowest BCUT2D eigenvalue weighted by atomic mass is 9.64. The molecule has 0 aliphatic heterocycles. The molecule has 0 amide bonds. The molecule has 0 bridgehead atoms. The zero-order valence-corrected chi connectivity index (χ0v) is 18.5. The molecule has 0 aromatic heterocycles. The summed E-state index contributed by atoms with van der Waals surface area (Å²) >= 11 is 0. The summed E-state index contributed by atoms with van der Waals surface area (Å²) in [5.74, 6) is 7.75. The highest BCUT2D eigenvalue weighted by Gasteiger charge is 2.35. The van der Waals surface area contributed by atoms with Crippen molar-refractivity contribution in [2.75, 3.05) is 6.61 Å². The second kappa shape index (κ2) is 10.2. The van der Waals surface area contributed by atoms with Gasteiger partial charge in [0.05, 0.1) is 11.1 Å². The van der Waals surface area contributed by atoms with Gasteiger partial charge in [0.25, 0.3) is 0 Å². The van der Waals surface area contributed by atoms with Crippen molar-refractivity contribution in [1.29, 1.82) is 0 Å². The zero-order valence-electron chi connectivity index (χ0n) is 18.5. The zero-order chi connectivity index (χ0) is 22.5. The van der Waals surface area contributed by atoms with E-state index in [1.165, 1.54) is 31.7 Å². The third kappa shape index (κ3) is 5.13. The monoisotopic (exact) mass is 432 g/mol. The molecule has 2 aromatic rings. The number of rotatable bonds is 5. The Morgan fingerprint density at radius 1 is 0.875 bits per heavy atom. The Morgan fingerprint density at radius 2 is 1.56 bits per heavy atom. The van der Waals surface area contributed by atoms with Crippen molar-refractivity contribution in [3.63, 3.8) is 0 Å². The van der Waals surface area contributed by atoms with Crippen molar-refractivity contribution in [3.05, 3.63) is 90.0 Å². The van der Waals surface area contributed by atoms with Crippen LogP contribution in [0.5, 0.6) is 5.75 Å². The summed E-state index contributed by atoms with van der Waals surface area (Å²) in [6.07, 6.45) is 10.9. The summed E-state index contributed by atoms with van der Waals surface area (Å²) in [4.78, 5) is 0. The van der Waals surface area contributed by atoms with E-state index in [9.17, 15) is 8.78 Å². The highest BCUT2D eigenvalue weighted by Crippen LogP contribution is 2.47. The molecule has 0 spiro atoms. The molecule has 2 saturated carbocycles. The van der Waals surface area contributed by atoms with E-state index in [2.05, 4.69) is 31.1 Å². The van der Waals surface area contributed by atoms with Crippen molar-refractivity contribution in [2.24, 2.45) is 17.8 Å². The predicted octanol–water partition coefficient (Wildman–Crippen LogP) is 7.42. The standard InChI is InChI=1S/C29H30F2O/c1-3-15-32-27-14-13-22(29(31)19-27)8-7-21-9-10-26(18-28(21)30)25-12-11-23-16-20(4-2)5-6-24(23)17-25/h3-4,9-10,13-14,18-20,23-25H,1-2,5-6,11-12,15-17H2. The maximum Gasteiger partial charge on any atom is 0.142 e. The fraction of sp³-hybridized carbons (Fsp3) is 0.379. The van der Waals surface area contributed by atoms with Crippen LogP contribution in [-0.4, -0.2) is 6.61 Å². The number of hydrogen-bond donors (Lipinski definition) is 0. The third-order valence-corrected chi connectivity index (χ3v) is 7.09. The molecule has 2 aliphatic carbocycles. The first kappa shape index (κ1) is 22.3. The quantitative estimate of drug-likeness (QED) is 0.353. The Kier molecular flexibility index (Phi) is 7.10. The van der Waals surface area contributed by atoms with Gasteiger partial charge in [0.15, 0.2) is 0 Å². The van der Waals surface area contributed by atoms with Gasteiger partial charge in [-0.05, 0) is 92.0 Å². The first-order valence-electron chi connectivity index (χ1n) is 11.5. The van der Waals surface area contributed by atoms with Crippen LogP contribution >= 0.6 is 0 Å². The minimum absolute atomic E-state index is 0.216. The van der Waals surface area contributed by atoms with E-state index in [4.69, 9.17) is 4.74 Å². The highest BCUT2D eigenvalue weighted by molar-refractivity contribution is 5.46. The number of halogens is 2. The van der Waals surface area contributed by atoms with Gasteiger partial charge in [0, 0.05) is 6.07 Å². The Balaban J connectivity index is 1.44. The third-order valence-electron chi connectivity index (χ3n) is 7.09. The van der Waals surface area contributed by atoms with E-state index in [1.807, 2.05) is 6.07 Å². The Morgan fingerprint density at radius 3 is 2.25 bits per heavy atom. The summed E-state index contributed by atoms with van der Waals surface area (Å²) in [5.41, 5.74) is 1.57. The Hall–Kier alpha value is -2.86. The van der Waals surface area contributed by atoms with Crippen LogP contribution in [-0.2, 0) is 0 Å². The van der Waals surface area contributed by atoms with Crippen LogP contribution in [0.3, 0.4) is 0 Å². The lowest BCUT2D eigenvalue weighted by Gasteiger charge is -2.41. The topological polar surface area (TPSA) is 9.23 Å². The SMILES string of the molecule is C=CCOc1ccc(C#Cc2ccc(C3CCC4CC(C=C)CCC4C3)cc2F)c(F)c1. The van der Waals surface area contributed by atoms with E-state index in [0.29, 0.717) is 29.8 Å². The van der Waals surface area contributed by atoms with Crippen molar-refractivity contribution < 1.29 is 13.5 Å². The first-order valence-corrected chi connectivity index (χ1v) is 11.5. The molecule has 166 valence electrons. The molecule has 0 heterocycles. The van der Waals surface area contributed by atoms with Crippen molar-refractivity contribution in [3.8, 4) is 17.6 Å². The molecule has 0 radical (unpaired) electrons. The number of ether oxygens (including phenoxy) is 1. The molecule has 0 saturated heterocycles. The molecule has 2 aromatic carbocycles. The van der Waals surface area contributed by atoms with E-state index in [-0.39, 0.29) is 11.4 Å². The second-order valence-corrected chi connectivity index (χ2v) is 9.07. The van der Waals surface area contributed by atoms with E-state index < -0.39 is 5.82 Å². The first-order chi connectivity index (χ1) is 15.6. The van der Waals surface area contributed by atoms with Gasteiger partial charge >= 0.3 is 0 Å². The lowest BCUT2D eigenvalue weighted by Crippen LogP contribution is -2.30. The van der Waals surface area contributed by atoms with E-state index >= 15 is 0 Å². The van der Waals surface area contributed by atoms with Gasteiger partial charge in [-0.2, -0.15) is 0 Å². The number of hydrogen-bond acceptors (Lipinski definition) is 1. The van der Waals surface area contributed by atoms with Crippen LogP contribution in [0.25, 0.3) is 0 Å². The molecule has 4 atom stereocenters. The molecule has 1 nitrogen and oxygen atoms in total. The molecule has 2 fully saturated rings. The van der Waals surface area contributed by atoms with Crippen molar-refractivity contribution in [2.45, 2.75) is 44.4 Å². The minimum atomic E-state index is -0.487. The van der Waals surface area contributed by atoms with E-state index in [0.717, 1.165) is 30.2 Å². The molecule has 0 N–H and O–H groups in total. The fourth-order valence-electron chi connectivity index (χ4n) is 5.31. The number of benzene rings is 2. The van der Waals surface area contributed by atoms with Crippen LogP contribution in [0, 0.1) is 41.2 Å². The van der Waals surface area contributed by atoms with Crippen molar-refractivity contribution >= 4 is 0 Å². The molecule has 3 heteroatoms. The summed E-state index contributed by atoms with van der Waals surface area (Å²) in [7, 11) is 0. The maximum absolute atomic E-state index is 14.8. The number of fused-ring (bicyclic) bond motifs is 1. The summed E-state index contributed by atoms with van der Waals surface area (Å²) in [5, 5.41) is 0. The van der Waals surface area contributed by atoms with Gasteiger partial charge in [-0.1, -0.05) is 36.6 Å². The second-order valence-electron chi connectivity index (χ2n) is 9.07. The van der Waals surface area contributed by atoms with Gasteiger partial charge in [-0.15, -0.1) is 6.58 Å². The molecule has 4 rings (SSSR count). The van der Waals surface area contributed by atoms with Gasteiger partial charge in [-0.25, -0.2) is 8.78 Å². The van der Waals surface area contributed by atoms with Crippen LogP contribution in [0.15, 0.2) is 61.7 Å². The predicted molar refractivity (Wildman–Crippen MR) is 126 cm³/mol. The molecule has 32 heavy (non-hydrogen) atoms. The summed E-state index contributed by atoms with van der Waals surface area (Å²) in [6.45, 7) is 7.85. The maximum atomic E-state index is 14.8. The average molecular weight is 433 g/mol. The summed E-state index contributed by atoms with van der Waals surface area (Å²) < 4.78 is 34.4. The lowest BCUT2D eigenvalue weighted by molar-refractivity contribution is 0.133. The Bertz CT molecular complexity index is 1040. The van der Waals surface area contributed by atoms with Crippen LogP contribution in [0.4, 0.5) is 8.78 Å². The van der Waals surface area contributed by atoms with Crippen molar-refractivity contribution in [1.82, 2.24) is 0 Å². The number of allylic oxidation sites excluding steroid dienone is 1. The van der Waals surface area contributed by atoms with Crippen LogP contribution < -0.4 is 4.74 Å². The molecular formula is C29H30F2O. The summed E-state index contributed by atoms with van der Waals surface area (Å²) in [6, 6.07) is 9.84. The molecule has 2 aliphatic rings. The van der Waals surface area contributed by atoms with E-state index in [1.54, 1.807) is 30.3 Å². The van der Waals surface area contributed by atoms with Gasteiger partial charge in [0.1, 0.15) is 24.0 Å². The smallest absolute Gasteiger partial charge is 0.142 e. The van der Waals surface area contributed by atoms with Crippen LogP contribution in [0.2, 0.25) is 0 Å². The normalized spacial score (nSPS) is 24.6. The Labute approximate surface area is 190 Å². The molecular weight excluding hydrogens is 402 g/mol. The van der Waals surface area contributed by atoms with Gasteiger partial charge in [-0.3, -0.25) is 0 Å². The van der Waals surface area contributed by atoms with Crippen LogP contribution in [0.1, 0.15) is 61.1 Å². The van der Waals surface area contributed by atoms with Gasteiger partial charge < -0.3 is 4.74 Å². The van der Waals surface area contributed by atoms with Gasteiger partial charge in [0.2, 0.25) is 0 Å². The highest BCUT2D eigenvalue weighted by atomic mass is 19.1. The largest absolute Gasteiger partial charge is 0.489 e. The minimum Gasteiger partial charge on any atom is -0.489 e. The molecule has 4 unspecified atom stereocenters. The fourth-order valence-corrected chi connectivity index (χ4v) is 5.31.